The molecule has 65 valence electrons. The summed E-state index contributed by atoms with van der Waals surface area (Å²) in [6, 6.07) is 10.4. The number of aromatic amines is 1. The topological polar surface area (TPSA) is 15.8 Å². The van der Waals surface area contributed by atoms with Crippen molar-refractivity contribution in [3.63, 3.8) is 0 Å². The lowest BCUT2D eigenvalue weighted by Gasteiger charge is -1.86. The van der Waals surface area contributed by atoms with Crippen LogP contribution in [0.15, 0.2) is 42.5 Å². The van der Waals surface area contributed by atoms with Crippen LogP contribution in [0, 0.1) is 6.42 Å². The summed E-state index contributed by atoms with van der Waals surface area (Å²) in [5.74, 6) is 0. The average Bonchev–Trinajstić information content (AvgIpc) is 2.57. The zero-order valence-electron chi connectivity index (χ0n) is 7.62. The summed E-state index contributed by atoms with van der Waals surface area (Å²) in [6.07, 6.45) is 6.12. The molecule has 0 saturated heterocycles. The van der Waals surface area contributed by atoms with Gasteiger partial charge in [0.1, 0.15) is 0 Å². The van der Waals surface area contributed by atoms with Crippen molar-refractivity contribution < 1.29 is 0 Å². The highest BCUT2D eigenvalue weighted by molar-refractivity contribution is 5.80. The summed E-state index contributed by atoms with van der Waals surface area (Å²) >= 11 is 0. The molecule has 1 nitrogen and oxygen atoms in total. The van der Waals surface area contributed by atoms with Gasteiger partial charge in [-0.1, -0.05) is 30.4 Å². The van der Waals surface area contributed by atoms with Crippen molar-refractivity contribution in [1.29, 1.82) is 0 Å². The first-order chi connectivity index (χ1) is 6.40. The standard InChI is InChI=1S/C12H12N/c1-2-3-7-11-9-10-6-4-5-8-12(10)13-11/h2-9,13H,1H3/b3-2+. The Hall–Kier alpha value is -1.50. The summed E-state index contributed by atoms with van der Waals surface area (Å²) < 4.78 is 0. The van der Waals surface area contributed by atoms with E-state index in [9.17, 15) is 0 Å². The van der Waals surface area contributed by atoms with E-state index in [4.69, 9.17) is 0 Å². The van der Waals surface area contributed by atoms with Crippen LogP contribution in [0.25, 0.3) is 10.9 Å². The molecular weight excluding hydrogens is 158 g/mol. The highest BCUT2D eigenvalue weighted by Gasteiger charge is 1.96. The third-order valence-corrected chi connectivity index (χ3v) is 2.02. The van der Waals surface area contributed by atoms with Gasteiger partial charge in [0.05, 0.1) is 0 Å². The van der Waals surface area contributed by atoms with Crippen LogP contribution >= 0.6 is 0 Å². The number of benzene rings is 1. The SMILES string of the molecule is C/C=C/[CH]c1cc2ccccc2[nH]1. The minimum Gasteiger partial charge on any atom is -0.358 e. The second-order valence-corrected chi connectivity index (χ2v) is 3.00. The van der Waals surface area contributed by atoms with Gasteiger partial charge in [-0.3, -0.25) is 0 Å². The van der Waals surface area contributed by atoms with Crippen LogP contribution < -0.4 is 0 Å². The van der Waals surface area contributed by atoms with Crippen molar-refractivity contribution in [2.24, 2.45) is 0 Å². The molecule has 1 heterocycles. The molecule has 2 rings (SSSR count). The first-order valence-electron chi connectivity index (χ1n) is 4.44. The zero-order valence-corrected chi connectivity index (χ0v) is 7.62. The molecule has 0 fully saturated rings. The average molecular weight is 170 g/mol. The molecule has 1 N–H and O–H groups in total. The number of H-pyrrole nitrogens is 1. The van der Waals surface area contributed by atoms with Crippen LogP contribution in [-0.4, -0.2) is 4.98 Å². The van der Waals surface area contributed by atoms with Gasteiger partial charge in [-0.05, 0) is 24.4 Å². The third kappa shape index (κ3) is 1.64. The van der Waals surface area contributed by atoms with Crippen LogP contribution in [0.3, 0.4) is 0 Å². The number of hydrogen-bond acceptors (Lipinski definition) is 0. The number of nitrogens with one attached hydrogen (secondary N) is 1. The zero-order chi connectivity index (χ0) is 9.10. The van der Waals surface area contributed by atoms with Crippen molar-refractivity contribution in [3.8, 4) is 0 Å². The Morgan fingerprint density at radius 2 is 2.08 bits per heavy atom. The molecule has 1 heteroatoms. The minimum absolute atomic E-state index is 1.15. The van der Waals surface area contributed by atoms with Gasteiger partial charge in [-0.2, -0.15) is 0 Å². The molecule has 0 bridgehead atoms. The van der Waals surface area contributed by atoms with Gasteiger partial charge in [0.25, 0.3) is 0 Å². The first kappa shape index (κ1) is 8.11. The molecule has 0 unspecified atom stereocenters. The molecule has 1 aromatic carbocycles. The monoisotopic (exact) mass is 170 g/mol. The van der Waals surface area contributed by atoms with Crippen molar-refractivity contribution in [1.82, 2.24) is 4.98 Å². The van der Waals surface area contributed by atoms with E-state index in [1.54, 1.807) is 0 Å². The summed E-state index contributed by atoms with van der Waals surface area (Å²) in [4.78, 5) is 3.32. The van der Waals surface area contributed by atoms with Gasteiger partial charge in [-0.25, -0.2) is 0 Å². The fourth-order valence-electron chi connectivity index (χ4n) is 1.39. The van der Waals surface area contributed by atoms with Crippen LogP contribution in [-0.2, 0) is 0 Å². The summed E-state index contributed by atoms with van der Waals surface area (Å²) in [7, 11) is 0. The van der Waals surface area contributed by atoms with E-state index in [1.165, 1.54) is 10.9 Å². The molecule has 0 saturated carbocycles. The second-order valence-electron chi connectivity index (χ2n) is 3.00. The first-order valence-corrected chi connectivity index (χ1v) is 4.44. The molecule has 13 heavy (non-hydrogen) atoms. The molecule has 0 aliphatic carbocycles. The predicted octanol–water partition coefficient (Wildman–Crippen LogP) is 3.30. The van der Waals surface area contributed by atoms with Gasteiger partial charge < -0.3 is 4.98 Å². The van der Waals surface area contributed by atoms with Gasteiger partial charge in [0.2, 0.25) is 0 Å². The largest absolute Gasteiger partial charge is 0.358 e. The van der Waals surface area contributed by atoms with Crippen LogP contribution in [0.4, 0.5) is 0 Å². The van der Waals surface area contributed by atoms with Crippen LogP contribution in [0.5, 0.6) is 0 Å². The predicted molar refractivity (Wildman–Crippen MR) is 56.5 cm³/mol. The molecule has 1 aromatic heterocycles. The van der Waals surface area contributed by atoms with Crippen LogP contribution in [0.1, 0.15) is 12.6 Å². The fourth-order valence-corrected chi connectivity index (χ4v) is 1.39. The Kier molecular flexibility index (Phi) is 2.17. The number of hydrogen-bond donors (Lipinski definition) is 1. The van der Waals surface area contributed by atoms with E-state index in [0.717, 1.165) is 5.69 Å². The summed E-state index contributed by atoms with van der Waals surface area (Å²) in [5, 5.41) is 1.26. The van der Waals surface area contributed by atoms with Crippen molar-refractivity contribution >= 4 is 10.9 Å². The lowest BCUT2D eigenvalue weighted by atomic mass is 10.2. The molecular formula is C12H12N. The van der Waals surface area contributed by atoms with Gasteiger partial charge in [-0.15, -0.1) is 0 Å². The van der Waals surface area contributed by atoms with Crippen molar-refractivity contribution in [3.05, 3.63) is 54.6 Å². The molecule has 0 aliphatic rings. The lowest BCUT2D eigenvalue weighted by molar-refractivity contribution is 1.34. The molecule has 0 amide bonds. The maximum atomic E-state index is 3.32. The van der Waals surface area contributed by atoms with Gasteiger partial charge in [0.15, 0.2) is 0 Å². The van der Waals surface area contributed by atoms with E-state index in [2.05, 4.69) is 35.7 Å². The van der Waals surface area contributed by atoms with Crippen molar-refractivity contribution in [2.75, 3.05) is 0 Å². The molecule has 1 radical (unpaired) electrons. The maximum absolute atomic E-state index is 3.32. The summed E-state index contributed by atoms with van der Waals surface area (Å²) in [5.41, 5.74) is 2.34. The van der Waals surface area contributed by atoms with Crippen molar-refractivity contribution in [2.45, 2.75) is 6.92 Å². The van der Waals surface area contributed by atoms with E-state index < -0.39 is 0 Å². The Morgan fingerprint density at radius 1 is 1.23 bits per heavy atom. The lowest BCUT2D eigenvalue weighted by Crippen LogP contribution is -1.74. The Bertz CT molecular complexity index is 390. The van der Waals surface area contributed by atoms with E-state index in [1.807, 2.05) is 25.1 Å². The number of rotatable bonds is 2. The van der Waals surface area contributed by atoms with E-state index in [0.29, 0.717) is 0 Å². The normalized spacial score (nSPS) is 11.5. The van der Waals surface area contributed by atoms with Gasteiger partial charge >= 0.3 is 0 Å². The molecule has 2 aromatic rings. The highest BCUT2D eigenvalue weighted by atomic mass is 14.7. The molecule has 0 spiro atoms. The minimum atomic E-state index is 1.15. The number of para-hydroxylation sites is 1. The third-order valence-electron chi connectivity index (χ3n) is 2.02. The molecule has 0 atom stereocenters. The number of allylic oxidation sites excluding steroid dienone is 2. The number of aromatic nitrogens is 1. The number of fused-ring (bicyclic) bond motifs is 1. The second kappa shape index (κ2) is 3.48. The van der Waals surface area contributed by atoms with Gasteiger partial charge in [0, 0.05) is 17.6 Å². The quantitative estimate of drug-likeness (QED) is 0.711. The van der Waals surface area contributed by atoms with E-state index in [-0.39, 0.29) is 0 Å². The fraction of sp³-hybridized carbons (Fsp3) is 0.0833. The van der Waals surface area contributed by atoms with E-state index >= 15 is 0 Å². The highest BCUT2D eigenvalue weighted by Crippen LogP contribution is 2.15. The maximum Gasteiger partial charge on any atom is 0.0456 e. The summed E-state index contributed by atoms with van der Waals surface area (Å²) in [6.45, 7) is 2.01. The Balaban J connectivity index is 2.38. The van der Waals surface area contributed by atoms with Crippen LogP contribution in [0.2, 0.25) is 0 Å². The Labute approximate surface area is 78.1 Å². The smallest absolute Gasteiger partial charge is 0.0456 e. The Morgan fingerprint density at radius 3 is 2.85 bits per heavy atom. The molecule has 0 aliphatic heterocycles.